The summed E-state index contributed by atoms with van der Waals surface area (Å²) in [5, 5.41) is 10.5. The quantitative estimate of drug-likeness (QED) is 0.631. The van der Waals surface area contributed by atoms with E-state index >= 15 is 0 Å². The van der Waals surface area contributed by atoms with Gasteiger partial charge in [0.05, 0.1) is 0 Å². The summed E-state index contributed by atoms with van der Waals surface area (Å²) in [7, 11) is 0. The van der Waals surface area contributed by atoms with Gasteiger partial charge in [-0.15, -0.1) is 0 Å². The predicted molar refractivity (Wildman–Crippen MR) is 128 cm³/mol. The van der Waals surface area contributed by atoms with Gasteiger partial charge in [0.1, 0.15) is 5.60 Å². The predicted octanol–water partition coefficient (Wildman–Crippen LogP) is 3.43. The van der Waals surface area contributed by atoms with E-state index in [1.165, 1.54) is 50.5 Å². The van der Waals surface area contributed by atoms with Gasteiger partial charge in [-0.05, 0) is 80.9 Å². The second-order valence-electron chi connectivity index (χ2n) is 11.1. The topological polar surface area (TPSA) is 86.9 Å². The van der Waals surface area contributed by atoms with Gasteiger partial charge >= 0.3 is 0 Å². The van der Waals surface area contributed by atoms with Gasteiger partial charge in [-0.1, -0.05) is 31.4 Å². The van der Waals surface area contributed by atoms with Crippen molar-refractivity contribution in [3.05, 3.63) is 35.4 Å². The summed E-state index contributed by atoms with van der Waals surface area (Å²) in [6.45, 7) is 2.44. The monoisotopic (exact) mass is 453 g/mol. The Morgan fingerprint density at radius 1 is 1.06 bits per heavy atom. The zero-order chi connectivity index (χ0) is 23.0. The van der Waals surface area contributed by atoms with E-state index in [0.29, 0.717) is 42.3 Å². The van der Waals surface area contributed by atoms with Crippen molar-refractivity contribution in [3.63, 3.8) is 0 Å². The number of fused-ring (bicyclic) bond motifs is 2. The van der Waals surface area contributed by atoms with Crippen LogP contribution >= 0.6 is 0 Å². The molecule has 6 heteroatoms. The van der Waals surface area contributed by atoms with Crippen molar-refractivity contribution in [1.82, 2.24) is 9.80 Å². The summed E-state index contributed by atoms with van der Waals surface area (Å²) < 4.78 is 0. The van der Waals surface area contributed by atoms with Crippen molar-refractivity contribution in [1.29, 1.82) is 0 Å². The van der Waals surface area contributed by atoms with Crippen molar-refractivity contribution < 1.29 is 14.7 Å². The Labute approximate surface area is 197 Å². The van der Waals surface area contributed by atoms with E-state index in [0.717, 1.165) is 32.5 Å². The molecular formula is C27H39N3O3. The first kappa shape index (κ1) is 22.9. The number of hydrogen-bond acceptors (Lipinski definition) is 4. The molecule has 2 aliphatic heterocycles. The van der Waals surface area contributed by atoms with Gasteiger partial charge in [0.25, 0.3) is 5.91 Å². The van der Waals surface area contributed by atoms with E-state index in [2.05, 4.69) is 11.0 Å². The van der Waals surface area contributed by atoms with E-state index in [9.17, 15) is 14.7 Å². The summed E-state index contributed by atoms with van der Waals surface area (Å²) in [5.41, 5.74) is 6.25. The lowest BCUT2D eigenvalue weighted by atomic mass is 9.84. The maximum absolute atomic E-state index is 13.1. The number of nitrogens with two attached hydrogens (primary N) is 1. The number of amides is 2. The van der Waals surface area contributed by atoms with Gasteiger partial charge in [-0.3, -0.25) is 14.5 Å². The molecule has 2 bridgehead atoms. The molecule has 2 unspecified atom stereocenters. The number of carbonyl (C=O) groups excluding carboxylic acids is 2. The normalized spacial score (nSPS) is 29.1. The van der Waals surface area contributed by atoms with E-state index < -0.39 is 5.60 Å². The van der Waals surface area contributed by atoms with E-state index in [1.54, 1.807) is 6.07 Å². The molecule has 1 aromatic rings. The fraction of sp³-hybridized carbons (Fsp3) is 0.704. The lowest BCUT2D eigenvalue weighted by Crippen LogP contribution is -2.50. The van der Waals surface area contributed by atoms with Crippen molar-refractivity contribution in [2.45, 2.75) is 94.2 Å². The number of aliphatic hydroxyl groups is 1. The number of rotatable bonds is 8. The Balaban J connectivity index is 1.22. The van der Waals surface area contributed by atoms with Crippen LogP contribution in [-0.4, -0.2) is 64.0 Å². The van der Waals surface area contributed by atoms with Gasteiger partial charge in [0.15, 0.2) is 0 Å². The highest BCUT2D eigenvalue weighted by molar-refractivity contribution is 5.92. The SMILES string of the molecule is NC(=O)c1cccc(C2CC3CCC(C2)N3CCN(CC2CCCCC2)C(=O)C2(O)CC2)c1. The highest BCUT2D eigenvalue weighted by Crippen LogP contribution is 2.43. The standard InChI is InChI=1S/C27H39N3O3/c28-25(31)21-8-4-7-20(15-21)22-16-23-9-10-24(17-22)30(23)14-13-29(26(32)27(33)11-12-27)18-19-5-2-1-3-6-19/h4,7-8,15,19,22-24,33H,1-3,5-6,9-14,16-18H2,(H2,28,31). The van der Waals surface area contributed by atoms with Gasteiger partial charge in [0.2, 0.25) is 5.91 Å². The molecule has 2 atom stereocenters. The second-order valence-corrected chi connectivity index (χ2v) is 11.1. The zero-order valence-electron chi connectivity index (χ0n) is 19.8. The lowest BCUT2D eigenvalue weighted by molar-refractivity contribution is -0.143. The van der Waals surface area contributed by atoms with Crippen LogP contribution in [0.1, 0.15) is 92.5 Å². The summed E-state index contributed by atoms with van der Waals surface area (Å²) in [4.78, 5) is 29.3. The van der Waals surface area contributed by atoms with E-state index in [1.807, 2.05) is 17.0 Å². The number of piperidine rings is 1. The van der Waals surface area contributed by atoms with Crippen LogP contribution in [0.3, 0.4) is 0 Å². The number of benzene rings is 1. The molecule has 5 rings (SSSR count). The molecule has 2 heterocycles. The van der Waals surface area contributed by atoms with Crippen molar-refractivity contribution in [3.8, 4) is 0 Å². The number of primary amides is 1. The maximum Gasteiger partial charge on any atom is 0.254 e. The Morgan fingerprint density at radius 3 is 2.39 bits per heavy atom. The van der Waals surface area contributed by atoms with Crippen LogP contribution in [0, 0.1) is 5.92 Å². The summed E-state index contributed by atoms with van der Waals surface area (Å²) in [6, 6.07) is 8.90. The minimum Gasteiger partial charge on any atom is -0.380 e. The first-order chi connectivity index (χ1) is 15.9. The molecule has 1 aromatic carbocycles. The molecule has 33 heavy (non-hydrogen) atoms. The van der Waals surface area contributed by atoms with Gasteiger partial charge < -0.3 is 15.7 Å². The minimum atomic E-state index is -1.08. The van der Waals surface area contributed by atoms with Crippen LogP contribution in [0.15, 0.2) is 24.3 Å². The first-order valence-corrected chi connectivity index (χ1v) is 13.1. The fourth-order valence-electron chi connectivity index (χ4n) is 6.68. The molecular weight excluding hydrogens is 414 g/mol. The molecule has 6 nitrogen and oxygen atoms in total. The smallest absolute Gasteiger partial charge is 0.254 e. The molecule has 3 N–H and O–H groups in total. The molecule has 0 aromatic heterocycles. The van der Waals surface area contributed by atoms with E-state index in [-0.39, 0.29) is 11.8 Å². The zero-order valence-corrected chi connectivity index (χ0v) is 19.8. The third kappa shape index (κ3) is 4.97. The Bertz CT molecular complexity index is 863. The largest absolute Gasteiger partial charge is 0.380 e. The van der Waals surface area contributed by atoms with Crippen LogP contribution in [0.4, 0.5) is 0 Å². The van der Waals surface area contributed by atoms with E-state index in [4.69, 9.17) is 5.73 Å². The molecule has 2 saturated carbocycles. The lowest BCUT2D eigenvalue weighted by Gasteiger charge is -2.41. The molecule has 2 saturated heterocycles. The van der Waals surface area contributed by atoms with Gasteiger partial charge in [-0.2, -0.15) is 0 Å². The number of carbonyl (C=O) groups is 2. The van der Waals surface area contributed by atoms with Crippen molar-refractivity contribution >= 4 is 11.8 Å². The van der Waals surface area contributed by atoms with Crippen LogP contribution < -0.4 is 5.73 Å². The molecule has 0 spiro atoms. The number of hydrogen-bond donors (Lipinski definition) is 2. The van der Waals surface area contributed by atoms with Crippen LogP contribution in [0.2, 0.25) is 0 Å². The molecule has 2 amide bonds. The third-order valence-corrected chi connectivity index (χ3v) is 8.77. The Morgan fingerprint density at radius 2 is 1.76 bits per heavy atom. The molecule has 4 aliphatic rings. The first-order valence-electron chi connectivity index (χ1n) is 13.1. The van der Waals surface area contributed by atoms with Crippen LogP contribution in [0.5, 0.6) is 0 Å². The van der Waals surface area contributed by atoms with Crippen molar-refractivity contribution in [2.24, 2.45) is 11.7 Å². The summed E-state index contributed by atoms with van der Waals surface area (Å²) in [5.74, 6) is 0.658. The molecule has 4 fully saturated rings. The third-order valence-electron chi connectivity index (χ3n) is 8.77. The Kier molecular flexibility index (Phi) is 6.49. The highest BCUT2D eigenvalue weighted by Gasteiger charge is 2.50. The number of nitrogens with zero attached hydrogens (tertiary/aromatic N) is 2. The minimum absolute atomic E-state index is 0.0291. The van der Waals surface area contributed by atoms with Crippen LogP contribution in [-0.2, 0) is 4.79 Å². The average Bonchev–Trinajstić information content (AvgIpc) is 3.54. The summed E-state index contributed by atoms with van der Waals surface area (Å²) >= 11 is 0. The second kappa shape index (κ2) is 9.38. The maximum atomic E-state index is 13.1. The van der Waals surface area contributed by atoms with Gasteiger partial charge in [0, 0.05) is 37.3 Å². The molecule has 0 radical (unpaired) electrons. The highest BCUT2D eigenvalue weighted by atomic mass is 16.3. The summed E-state index contributed by atoms with van der Waals surface area (Å²) in [6.07, 6.45) is 12.1. The Hall–Kier alpha value is -1.92. The van der Waals surface area contributed by atoms with Crippen LogP contribution in [0.25, 0.3) is 0 Å². The molecule has 2 aliphatic carbocycles. The molecule has 180 valence electrons. The van der Waals surface area contributed by atoms with Crippen molar-refractivity contribution in [2.75, 3.05) is 19.6 Å². The average molecular weight is 454 g/mol. The van der Waals surface area contributed by atoms with Gasteiger partial charge in [-0.25, -0.2) is 0 Å². The fourth-order valence-corrected chi connectivity index (χ4v) is 6.68.